The Morgan fingerprint density at radius 2 is 1.72 bits per heavy atom. The molecule has 0 aliphatic heterocycles. The fraction of sp³-hybridized carbons (Fsp3) is 0.360. The van der Waals surface area contributed by atoms with E-state index in [1.54, 1.807) is 21.3 Å². The summed E-state index contributed by atoms with van der Waals surface area (Å²) in [4.78, 5) is 18.1. The SMILES string of the molecule is COc1cc(-c2nscc2-c2cccc(N(OC)C(=O)NCCCCCN)c2)cc(OC)c1OC.Cl. The summed E-state index contributed by atoms with van der Waals surface area (Å²) >= 11 is 1.34. The topological polar surface area (TPSA) is 108 Å². The van der Waals surface area contributed by atoms with Crippen LogP contribution in [0.4, 0.5) is 10.5 Å². The highest BCUT2D eigenvalue weighted by molar-refractivity contribution is 7.04. The lowest BCUT2D eigenvalue weighted by atomic mass is 10.0. The second-order valence-corrected chi connectivity index (χ2v) is 8.23. The third-order valence-electron chi connectivity index (χ3n) is 5.42. The maximum absolute atomic E-state index is 12.7. The molecule has 1 heterocycles. The van der Waals surface area contributed by atoms with E-state index in [1.165, 1.54) is 23.7 Å². The Balaban J connectivity index is 0.00000456. The molecule has 0 aliphatic carbocycles. The molecule has 0 aliphatic rings. The van der Waals surface area contributed by atoms with Gasteiger partial charge in [-0.2, -0.15) is 9.44 Å². The summed E-state index contributed by atoms with van der Waals surface area (Å²) in [5.74, 6) is 1.61. The lowest BCUT2D eigenvalue weighted by Crippen LogP contribution is -2.39. The average Bonchev–Trinajstić information content (AvgIpc) is 3.38. The first kappa shape index (κ1) is 29.2. The molecule has 0 bridgehead atoms. The van der Waals surface area contributed by atoms with Gasteiger partial charge in [-0.05, 0) is 60.7 Å². The van der Waals surface area contributed by atoms with Crippen LogP contribution in [0.5, 0.6) is 17.2 Å². The number of nitrogens with one attached hydrogen (secondary N) is 1. The molecule has 2 aromatic carbocycles. The van der Waals surface area contributed by atoms with Gasteiger partial charge in [-0.15, -0.1) is 12.4 Å². The van der Waals surface area contributed by atoms with Crippen molar-refractivity contribution in [3.63, 3.8) is 0 Å². The number of nitrogens with zero attached hydrogens (tertiary/aromatic N) is 2. The van der Waals surface area contributed by atoms with Crippen LogP contribution in [0.3, 0.4) is 0 Å². The molecule has 0 radical (unpaired) electrons. The van der Waals surface area contributed by atoms with E-state index >= 15 is 0 Å². The Kier molecular flexibility index (Phi) is 11.7. The van der Waals surface area contributed by atoms with Crippen molar-refractivity contribution in [2.45, 2.75) is 19.3 Å². The zero-order chi connectivity index (χ0) is 25.2. The van der Waals surface area contributed by atoms with Crippen LogP contribution in [0.2, 0.25) is 0 Å². The molecule has 0 unspecified atom stereocenters. The highest BCUT2D eigenvalue weighted by Crippen LogP contribution is 2.43. The monoisotopic (exact) mass is 536 g/mol. The molecule has 196 valence electrons. The van der Waals surface area contributed by atoms with Crippen LogP contribution < -0.4 is 30.3 Å². The first-order valence-electron chi connectivity index (χ1n) is 11.2. The second kappa shape index (κ2) is 14.5. The number of unbranched alkanes of at least 4 members (excludes halogenated alkanes) is 2. The standard InChI is InChI=1S/C25H32N4O5S.ClH/c1-31-21-14-18(15-22(32-2)24(21)33-3)23-20(16-35-28-23)17-9-8-10-19(13-17)29(34-4)25(30)27-12-7-5-6-11-26;/h8-10,13-16H,5-7,11-12,26H2,1-4H3,(H,27,30);1H. The number of rotatable bonds is 12. The Morgan fingerprint density at radius 1 is 1.00 bits per heavy atom. The van der Waals surface area contributed by atoms with Crippen molar-refractivity contribution in [2.24, 2.45) is 5.73 Å². The number of hydrogen-bond acceptors (Lipinski definition) is 8. The van der Waals surface area contributed by atoms with E-state index in [2.05, 4.69) is 9.69 Å². The van der Waals surface area contributed by atoms with Gasteiger partial charge in [0.15, 0.2) is 11.5 Å². The van der Waals surface area contributed by atoms with Gasteiger partial charge in [0.2, 0.25) is 5.75 Å². The van der Waals surface area contributed by atoms with Gasteiger partial charge in [0, 0.05) is 23.1 Å². The second-order valence-electron chi connectivity index (χ2n) is 7.60. The number of urea groups is 1. The Bertz CT molecular complexity index is 1100. The summed E-state index contributed by atoms with van der Waals surface area (Å²) in [6.45, 7) is 1.21. The molecular formula is C25H33ClN4O5S. The molecule has 3 N–H and O–H groups in total. The highest BCUT2D eigenvalue weighted by Gasteiger charge is 2.20. The Hall–Kier alpha value is -3.05. The number of halogens is 1. The fourth-order valence-corrected chi connectivity index (χ4v) is 4.40. The normalized spacial score (nSPS) is 10.4. The average molecular weight is 537 g/mol. The predicted octanol–water partition coefficient (Wildman–Crippen LogP) is 5.13. The van der Waals surface area contributed by atoms with Crippen LogP contribution in [0.1, 0.15) is 19.3 Å². The molecule has 0 saturated carbocycles. The fourth-order valence-electron chi connectivity index (χ4n) is 3.69. The zero-order valence-electron chi connectivity index (χ0n) is 20.9. The van der Waals surface area contributed by atoms with Crippen molar-refractivity contribution < 1.29 is 23.8 Å². The molecule has 1 aromatic heterocycles. The van der Waals surface area contributed by atoms with Crippen molar-refractivity contribution in [1.82, 2.24) is 9.69 Å². The van der Waals surface area contributed by atoms with E-state index in [0.29, 0.717) is 36.0 Å². The molecule has 2 amide bonds. The van der Waals surface area contributed by atoms with Gasteiger partial charge in [-0.3, -0.25) is 4.84 Å². The van der Waals surface area contributed by atoms with Crippen molar-refractivity contribution >= 4 is 35.7 Å². The third-order valence-corrected chi connectivity index (χ3v) is 6.05. The predicted molar refractivity (Wildman–Crippen MR) is 146 cm³/mol. The molecule has 0 fully saturated rings. The van der Waals surface area contributed by atoms with Crippen molar-refractivity contribution in [1.29, 1.82) is 0 Å². The molecule has 0 atom stereocenters. The number of aromatic nitrogens is 1. The molecule has 3 rings (SSSR count). The van der Waals surface area contributed by atoms with E-state index in [9.17, 15) is 4.79 Å². The van der Waals surface area contributed by atoms with Gasteiger partial charge in [0.05, 0.1) is 39.8 Å². The molecule has 9 nitrogen and oxygen atoms in total. The molecule has 0 spiro atoms. The number of nitrogens with two attached hydrogens (primary N) is 1. The van der Waals surface area contributed by atoms with Crippen molar-refractivity contribution in [3.8, 4) is 39.6 Å². The van der Waals surface area contributed by atoms with Gasteiger partial charge < -0.3 is 25.3 Å². The van der Waals surface area contributed by atoms with E-state index < -0.39 is 0 Å². The van der Waals surface area contributed by atoms with Crippen molar-refractivity contribution in [2.75, 3.05) is 46.6 Å². The first-order valence-corrected chi connectivity index (χ1v) is 12.1. The summed E-state index contributed by atoms with van der Waals surface area (Å²) in [6.07, 6.45) is 2.77. The number of carbonyl (C=O) groups excluding carboxylic acids is 1. The summed E-state index contributed by atoms with van der Waals surface area (Å²) in [5, 5.41) is 6.10. The van der Waals surface area contributed by atoms with Crippen LogP contribution in [0.15, 0.2) is 41.8 Å². The maximum Gasteiger partial charge on any atom is 0.346 e. The minimum Gasteiger partial charge on any atom is -0.493 e. The van der Waals surface area contributed by atoms with Crippen LogP contribution in [0.25, 0.3) is 22.4 Å². The number of amides is 2. The number of benzene rings is 2. The number of hydroxylamine groups is 1. The molecule has 3 aromatic rings. The smallest absolute Gasteiger partial charge is 0.346 e. The molecular weight excluding hydrogens is 504 g/mol. The number of carbonyl (C=O) groups is 1. The Labute approximate surface area is 222 Å². The highest BCUT2D eigenvalue weighted by atomic mass is 35.5. The van der Waals surface area contributed by atoms with Crippen LogP contribution in [0, 0.1) is 0 Å². The minimum atomic E-state index is -0.328. The quantitative estimate of drug-likeness (QED) is 0.244. The van der Waals surface area contributed by atoms with Crippen LogP contribution in [-0.2, 0) is 4.84 Å². The lowest BCUT2D eigenvalue weighted by Gasteiger charge is -2.21. The number of anilines is 1. The van der Waals surface area contributed by atoms with Crippen molar-refractivity contribution in [3.05, 3.63) is 41.8 Å². The summed E-state index contributed by atoms with van der Waals surface area (Å²) in [7, 11) is 6.19. The van der Waals surface area contributed by atoms with Gasteiger partial charge in [-0.25, -0.2) is 4.79 Å². The van der Waals surface area contributed by atoms with Crippen LogP contribution in [-0.4, -0.2) is 51.9 Å². The summed E-state index contributed by atoms with van der Waals surface area (Å²) in [5.41, 5.74) is 9.50. The van der Waals surface area contributed by atoms with E-state index in [4.69, 9.17) is 24.8 Å². The number of methoxy groups -OCH3 is 3. The van der Waals surface area contributed by atoms with Gasteiger partial charge >= 0.3 is 6.03 Å². The number of hydrogen-bond donors (Lipinski definition) is 2. The van der Waals surface area contributed by atoms with Gasteiger partial charge in [0.25, 0.3) is 0 Å². The zero-order valence-corrected chi connectivity index (χ0v) is 22.5. The van der Waals surface area contributed by atoms with Gasteiger partial charge in [0.1, 0.15) is 0 Å². The van der Waals surface area contributed by atoms with Gasteiger partial charge in [-0.1, -0.05) is 18.6 Å². The minimum absolute atomic E-state index is 0. The lowest BCUT2D eigenvalue weighted by molar-refractivity contribution is 0.163. The first-order chi connectivity index (χ1) is 17.1. The molecule has 36 heavy (non-hydrogen) atoms. The Morgan fingerprint density at radius 3 is 2.33 bits per heavy atom. The van der Waals surface area contributed by atoms with E-state index in [1.807, 2.05) is 41.8 Å². The molecule has 11 heteroatoms. The van der Waals surface area contributed by atoms with E-state index in [0.717, 1.165) is 41.6 Å². The molecule has 0 saturated heterocycles. The summed E-state index contributed by atoms with van der Waals surface area (Å²) < 4.78 is 21.1. The summed E-state index contributed by atoms with van der Waals surface area (Å²) in [6, 6.07) is 11.0. The third kappa shape index (κ3) is 6.79. The van der Waals surface area contributed by atoms with Crippen LogP contribution >= 0.6 is 23.9 Å². The largest absolute Gasteiger partial charge is 0.493 e. The maximum atomic E-state index is 12.7. The van der Waals surface area contributed by atoms with E-state index in [-0.39, 0.29) is 18.4 Å². The number of ether oxygens (including phenoxy) is 3.